The topological polar surface area (TPSA) is 125 Å². The maximum absolute atomic E-state index is 14.3. The molecule has 2 bridgehead atoms. The summed E-state index contributed by atoms with van der Waals surface area (Å²) < 4.78 is 12.1. The fraction of sp³-hybridized carbons (Fsp3) is 0.600. The Bertz CT molecular complexity index is 1220. The molecule has 246 valence electrons. The van der Waals surface area contributed by atoms with Gasteiger partial charge in [0.1, 0.15) is 18.2 Å². The van der Waals surface area contributed by atoms with E-state index >= 15 is 0 Å². The highest BCUT2D eigenvalue weighted by Crippen LogP contribution is 2.58. The minimum absolute atomic E-state index is 0.0558. The van der Waals surface area contributed by atoms with Crippen LogP contribution in [0.3, 0.4) is 0 Å². The average molecular weight is 624 g/mol. The van der Waals surface area contributed by atoms with Gasteiger partial charge in [-0.1, -0.05) is 55.3 Å². The number of benzene rings is 1. The van der Waals surface area contributed by atoms with Gasteiger partial charge in [0.2, 0.25) is 17.7 Å². The van der Waals surface area contributed by atoms with Crippen LogP contribution in [-0.4, -0.2) is 88.7 Å². The Morgan fingerprint density at radius 2 is 1.89 bits per heavy atom. The number of ether oxygens (including phenoxy) is 2. The number of aliphatic hydroxyl groups is 1. The maximum atomic E-state index is 14.3. The molecule has 0 aromatic heterocycles. The van der Waals surface area contributed by atoms with E-state index in [1.165, 1.54) is 0 Å². The molecule has 3 amide bonds. The molecule has 1 spiro atoms. The van der Waals surface area contributed by atoms with Crippen LogP contribution < -0.4 is 5.32 Å². The summed E-state index contributed by atoms with van der Waals surface area (Å²) in [6.07, 6.45) is 7.58. The molecule has 3 fully saturated rings. The largest absolute Gasteiger partial charge is 0.463 e. The molecule has 2 N–H and O–H groups in total. The smallest absolute Gasteiger partial charge is 0.306 e. The highest BCUT2D eigenvalue weighted by Gasteiger charge is 2.74. The van der Waals surface area contributed by atoms with Crippen molar-refractivity contribution in [2.75, 3.05) is 26.3 Å². The van der Waals surface area contributed by atoms with Crippen LogP contribution in [0.1, 0.15) is 76.8 Å². The Balaban J connectivity index is 1.60. The Kier molecular flexibility index (Phi) is 12.0. The first-order valence-corrected chi connectivity index (χ1v) is 16.3. The second kappa shape index (κ2) is 15.7. The van der Waals surface area contributed by atoms with Crippen molar-refractivity contribution >= 4 is 23.7 Å². The second-order valence-electron chi connectivity index (χ2n) is 12.6. The number of hydrogen-bond donors (Lipinski definition) is 2. The number of rotatable bonds is 18. The molecule has 3 heterocycles. The summed E-state index contributed by atoms with van der Waals surface area (Å²) in [4.78, 5) is 58.4. The van der Waals surface area contributed by atoms with Crippen molar-refractivity contribution in [2.45, 2.75) is 95.0 Å². The lowest BCUT2D eigenvalue weighted by molar-refractivity contribution is -0.149. The predicted octanol–water partition coefficient (Wildman–Crippen LogP) is 3.70. The molecule has 4 rings (SSSR count). The van der Waals surface area contributed by atoms with Crippen LogP contribution in [0.25, 0.3) is 0 Å². The van der Waals surface area contributed by atoms with Gasteiger partial charge in [-0.3, -0.25) is 19.2 Å². The van der Waals surface area contributed by atoms with Gasteiger partial charge in [0.05, 0.1) is 24.0 Å². The number of aliphatic hydroxyl groups excluding tert-OH is 1. The van der Waals surface area contributed by atoms with Crippen molar-refractivity contribution in [3.8, 4) is 0 Å². The summed E-state index contributed by atoms with van der Waals surface area (Å²) in [7, 11) is 0. The molecule has 3 aliphatic heterocycles. The summed E-state index contributed by atoms with van der Waals surface area (Å²) in [5, 5.41) is 12.3. The number of hydrogen-bond acceptors (Lipinski definition) is 7. The molecule has 1 aromatic rings. The zero-order chi connectivity index (χ0) is 32.6. The Hall–Kier alpha value is -3.50. The third kappa shape index (κ3) is 7.33. The number of nitrogens with one attached hydrogen (secondary N) is 1. The summed E-state index contributed by atoms with van der Waals surface area (Å²) in [5.74, 6) is -2.73. The number of nitrogens with zero attached hydrogens (tertiary/aromatic N) is 2. The third-order valence-electron chi connectivity index (χ3n) is 9.36. The molecule has 3 saturated heterocycles. The number of fused-ring (bicyclic) bond motifs is 1. The molecular formula is C35H49N3O7. The lowest BCUT2D eigenvalue weighted by atomic mass is 9.70. The van der Waals surface area contributed by atoms with Gasteiger partial charge >= 0.3 is 5.97 Å². The molecule has 10 heteroatoms. The summed E-state index contributed by atoms with van der Waals surface area (Å²) in [6.45, 7) is 12.1. The van der Waals surface area contributed by atoms with Gasteiger partial charge in [0, 0.05) is 32.2 Å². The molecule has 0 aliphatic carbocycles. The van der Waals surface area contributed by atoms with Crippen LogP contribution in [0.4, 0.5) is 0 Å². The van der Waals surface area contributed by atoms with Crippen molar-refractivity contribution in [3.05, 3.63) is 61.2 Å². The molecule has 0 radical (unpaired) electrons. The summed E-state index contributed by atoms with van der Waals surface area (Å²) >= 11 is 0. The first-order chi connectivity index (χ1) is 21.7. The maximum Gasteiger partial charge on any atom is 0.306 e. The number of carbonyl (C=O) groups is 4. The van der Waals surface area contributed by atoms with E-state index in [1.807, 2.05) is 44.2 Å². The Morgan fingerprint density at radius 1 is 1.16 bits per heavy atom. The molecule has 10 nitrogen and oxygen atoms in total. The lowest BCUT2D eigenvalue weighted by Crippen LogP contribution is -2.57. The van der Waals surface area contributed by atoms with Crippen molar-refractivity contribution in [3.63, 3.8) is 0 Å². The predicted molar refractivity (Wildman–Crippen MR) is 170 cm³/mol. The Labute approximate surface area is 266 Å². The van der Waals surface area contributed by atoms with E-state index in [2.05, 4.69) is 18.5 Å². The molecule has 3 aliphatic rings. The number of unbranched alkanes of at least 4 members (excludes halogenated alkanes) is 3. The first-order valence-electron chi connectivity index (χ1n) is 16.3. The zero-order valence-electron chi connectivity index (χ0n) is 26.7. The number of likely N-dealkylation sites (tertiary alicyclic amines) is 1. The van der Waals surface area contributed by atoms with Gasteiger partial charge in [-0.05, 0) is 51.5 Å². The first kappa shape index (κ1) is 34.4. The normalized spacial score (nSPS) is 25.6. The minimum atomic E-state index is -1.10. The standard InChI is InChI=1S/C35H49N3O7/c1-5-7-17-28(40)44-23-26(25-15-11-10-12-16-25)36-32(41)29-27-18-19-35(45-27)30(29)33(42)38(21-13-8-9-14-22-39)31(35)34(43)37(20-6-2)24(3)4/h5-6,10-12,15-16,24,26-27,29-31,39H,1-2,7-9,13-14,17-23H2,3-4H3,(H,36,41)/t26-,27+,29-,30-,31+,35-/m0/s1. The van der Waals surface area contributed by atoms with Crippen LogP contribution in [0, 0.1) is 11.8 Å². The van der Waals surface area contributed by atoms with Crippen molar-refractivity contribution in [2.24, 2.45) is 11.8 Å². The summed E-state index contributed by atoms with van der Waals surface area (Å²) in [5.41, 5.74) is -0.326. The fourth-order valence-electron chi connectivity index (χ4n) is 7.21. The van der Waals surface area contributed by atoms with E-state index in [0.717, 1.165) is 18.4 Å². The highest BCUT2D eigenvalue weighted by atomic mass is 16.5. The van der Waals surface area contributed by atoms with Crippen LogP contribution in [0.2, 0.25) is 0 Å². The highest BCUT2D eigenvalue weighted by molar-refractivity contribution is 5.99. The zero-order valence-corrected chi connectivity index (χ0v) is 26.7. The fourth-order valence-corrected chi connectivity index (χ4v) is 7.21. The van der Waals surface area contributed by atoms with Gasteiger partial charge in [-0.15, -0.1) is 13.2 Å². The number of esters is 1. The van der Waals surface area contributed by atoms with E-state index < -0.39 is 35.6 Å². The van der Waals surface area contributed by atoms with Crippen molar-refractivity contribution in [1.82, 2.24) is 15.1 Å². The molecule has 6 atom stereocenters. The van der Waals surface area contributed by atoms with E-state index in [-0.39, 0.29) is 49.4 Å². The quantitative estimate of drug-likeness (QED) is 0.145. The SMILES string of the molecule is C=CCCC(=O)OC[C@H](NC(=O)[C@@H]1[C@H]2C(=O)N(CCCCCCO)[C@H](C(=O)N(CC=C)C(C)C)[C@]23CC[C@H]1O3)c1ccccc1. The molecular weight excluding hydrogens is 574 g/mol. The van der Waals surface area contributed by atoms with Crippen LogP contribution in [0.15, 0.2) is 55.6 Å². The van der Waals surface area contributed by atoms with Crippen LogP contribution in [-0.2, 0) is 28.7 Å². The average Bonchev–Trinajstić information content (AvgIpc) is 3.68. The van der Waals surface area contributed by atoms with Gasteiger partial charge in [0.25, 0.3) is 0 Å². The molecule has 0 unspecified atom stereocenters. The van der Waals surface area contributed by atoms with Crippen molar-refractivity contribution < 1.29 is 33.8 Å². The number of carbonyl (C=O) groups excluding carboxylic acids is 4. The second-order valence-corrected chi connectivity index (χ2v) is 12.6. The van der Waals surface area contributed by atoms with Gasteiger partial charge in [-0.25, -0.2) is 0 Å². The molecule has 45 heavy (non-hydrogen) atoms. The summed E-state index contributed by atoms with van der Waals surface area (Å²) in [6, 6.07) is 7.70. The lowest BCUT2D eigenvalue weighted by Gasteiger charge is -2.38. The van der Waals surface area contributed by atoms with E-state index in [0.29, 0.717) is 45.2 Å². The monoisotopic (exact) mass is 623 g/mol. The van der Waals surface area contributed by atoms with Gasteiger partial charge < -0.3 is 29.7 Å². The molecule has 1 aromatic carbocycles. The Morgan fingerprint density at radius 3 is 2.56 bits per heavy atom. The third-order valence-corrected chi connectivity index (χ3v) is 9.36. The minimum Gasteiger partial charge on any atom is -0.463 e. The number of amides is 3. The molecule has 0 saturated carbocycles. The van der Waals surface area contributed by atoms with Crippen LogP contribution in [0.5, 0.6) is 0 Å². The van der Waals surface area contributed by atoms with Crippen molar-refractivity contribution in [1.29, 1.82) is 0 Å². The number of allylic oxidation sites excluding steroid dienone is 1. The van der Waals surface area contributed by atoms with E-state index in [1.54, 1.807) is 22.0 Å². The van der Waals surface area contributed by atoms with E-state index in [9.17, 15) is 24.3 Å². The van der Waals surface area contributed by atoms with Gasteiger partial charge in [0.15, 0.2) is 0 Å². The van der Waals surface area contributed by atoms with E-state index in [4.69, 9.17) is 9.47 Å². The van der Waals surface area contributed by atoms with Gasteiger partial charge in [-0.2, -0.15) is 0 Å². The van der Waals surface area contributed by atoms with Crippen LogP contribution >= 0.6 is 0 Å².